The fourth-order valence-electron chi connectivity index (χ4n) is 4.35. The summed E-state index contributed by atoms with van der Waals surface area (Å²) in [4.78, 5) is 13.3. The van der Waals surface area contributed by atoms with Crippen molar-refractivity contribution >= 4 is 38.2 Å². The number of carbonyl (C=O) groups is 1. The Bertz CT molecular complexity index is 1150. The van der Waals surface area contributed by atoms with Crippen LogP contribution in [0.3, 0.4) is 0 Å². The second-order valence-corrected chi connectivity index (χ2v) is 10.5. The van der Waals surface area contributed by atoms with Crippen LogP contribution in [0, 0.1) is 0 Å². The Hall–Kier alpha value is -2.31. The molecule has 4 rings (SSSR count). The zero-order chi connectivity index (χ0) is 21.2. The molecule has 1 N–H and O–H groups in total. The lowest BCUT2D eigenvalue weighted by Gasteiger charge is -2.27. The van der Waals surface area contributed by atoms with Crippen molar-refractivity contribution in [1.29, 1.82) is 0 Å². The van der Waals surface area contributed by atoms with Gasteiger partial charge in [-0.3, -0.25) is 4.79 Å². The van der Waals surface area contributed by atoms with Crippen LogP contribution in [0.1, 0.15) is 32.1 Å². The largest absolute Gasteiger partial charge is 0.355 e. The van der Waals surface area contributed by atoms with E-state index in [0.29, 0.717) is 24.4 Å². The maximum atomic E-state index is 13.4. The van der Waals surface area contributed by atoms with Gasteiger partial charge in [0, 0.05) is 29.8 Å². The Morgan fingerprint density at radius 1 is 1.03 bits per heavy atom. The summed E-state index contributed by atoms with van der Waals surface area (Å²) in [5, 5.41) is 4.56. The highest BCUT2D eigenvalue weighted by atomic mass is 35.5. The first-order chi connectivity index (χ1) is 14.4. The topological polar surface area (TPSA) is 68.2 Å². The van der Waals surface area contributed by atoms with Crippen molar-refractivity contribution in [3.05, 3.63) is 65.8 Å². The van der Waals surface area contributed by atoms with Crippen LogP contribution >= 0.6 is 11.6 Å². The molecule has 1 amide bonds. The summed E-state index contributed by atoms with van der Waals surface area (Å²) in [7, 11) is -3.80. The van der Waals surface area contributed by atoms with Gasteiger partial charge in [0.1, 0.15) is 0 Å². The molecule has 1 aliphatic carbocycles. The number of rotatable bonds is 7. The molecule has 158 valence electrons. The molecule has 0 saturated heterocycles. The van der Waals surface area contributed by atoms with Crippen LogP contribution in [0.5, 0.6) is 0 Å². The molecule has 0 aliphatic heterocycles. The third-order valence-corrected chi connectivity index (χ3v) is 8.77. The summed E-state index contributed by atoms with van der Waals surface area (Å²) in [6, 6.07) is 16.3. The molecular weight excluding hydrogens is 420 g/mol. The monoisotopic (exact) mass is 444 g/mol. The van der Waals surface area contributed by atoms with Gasteiger partial charge in [-0.15, -0.1) is 0 Å². The third-order valence-electron chi connectivity index (χ3n) is 6.00. The fraction of sp³-hybridized carbons (Fsp3) is 0.348. The van der Waals surface area contributed by atoms with Crippen LogP contribution in [0.15, 0.2) is 65.7 Å². The summed E-state index contributed by atoms with van der Waals surface area (Å²) >= 11 is 5.91. The Morgan fingerprint density at radius 2 is 1.73 bits per heavy atom. The third kappa shape index (κ3) is 3.74. The van der Waals surface area contributed by atoms with Gasteiger partial charge in [0.05, 0.1) is 4.90 Å². The highest BCUT2D eigenvalue weighted by Gasteiger charge is 2.52. The molecule has 2 aromatic carbocycles. The van der Waals surface area contributed by atoms with E-state index in [9.17, 15) is 13.2 Å². The fourth-order valence-corrected chi connectivity index (χ4v) is 6.57. The van der Waals surface area contributed by atoms with E-state index in [1.807, 2.05) is 18.3 Å². The smallest absolute Gasteiger partial charge is 0.241 e. The highest BCUT2D eigenvalue weighted by Crippen LogP contribution is 2.41. The van der Waals surface area contributed by atoms with Crippen molar-refractivity contribution in [1.82, 2.24) is 9.88 Å². The summed E-state index contributed by atoms with van der Waals surface area (Å²) in [6.45, 7) is 1.19. The minimum absolute atomic E-state index is 0.155. The number of nitrogens with zero attached hydrogens (tertiary/aromatic N) is 1. The number of hydrogen-bond donors (Lipinski definition) is 1. The van der Waals surface area contributed by atoms with Crippen molar-refractivity contribution in [2.45, 2.75) is 48.3 Å². The van der Waals surface area contributed by atoms with Gasteiger partial charge < -0.3 is 9.88 Å². The van der Waals surface area contributed by atoms with Crippen molar-refractivity contribution in [2.24, 2.45) is 0 Å². The number of benzene rings is 2. The van der Waals surface area contributed by atoms with Crippen molar-refractivity contribution < 1.29 is 13.2 Å². The lowest BCUT2D eigenvalue weighted by Crippen LogP contribution is -2.50. The van der Waals surface area contributed by atoms with Crippen LogP contribution < -0.4 is 5.32 Å². The minimum atomic E-state index is -3.80. The van der Waals surface area contributed by atoms with Crippen LogP contribution in [0.2, 0.25) is 5.02 Å². The van der Waals surface area contributed by atoms with Gasteiger partial charge in [-0.2, -0.15) is 0 Å². The molecule has 0 unspecified atom stereocenters. The zero-order valence-corrected chi connectivity index (χ0v) is 18.3. The Labute approximate surface area is 182 Å². The molecule has 1 aliphatic rings. The van der Waals surface area contributed by atoms with E-state index in [4.69, 9.17) is 11.6 Å². The molecule has 30 heavy (non-hydrogen) atoms. The molecule has 1 aromatic heterocycles. The van der Waals surface area contributed by atoms with Gasteiger partial charge in [0.2, 0.25) is 5.91 Å². The number of aromatic nitrogens is 1. The molecule has 0 radical (unpaired) electrons. The van der Waals surface area contributed by atoms with Gasteiger partial charge in [-0.05, 0) is 61.0 Å². The number of para-hydroxylation sites is 1. The maximum Gasteiger partial charge on any atom is 0.241 e. The quantitative estimate of drug-likeness (QED) is 0.542. The van der Waals surface area contributed by atoms with Crippen molar-refractivity contribution in [3.63, 3.8) is 0 Å². The van der Waals surface area contributed by atoms with Gasteiger partial charge in [0.25, 0.3) is 0 Å². The number of nitrogens with one attached hydrogen (secondary N) is 1. The molecule has 1 fully saturated rings. The molecule has 0 spiro atoms. The second-order valence-electron chi connectivity index (χ2n) is 7.84. The Kier molecular flexibility index (Phi) is 5.89. The normalized spacial score (nSPS) is 16.0. The number of hydrogen-bond acceptors (Lipinski definition) is 3. The Morgan fingerprint density at radius 3 is 2.47 bits per heavy atom. The molecular formula is C23H25ClN2O3S. The molecule has 3 aromatic rings. The van der Waals surface area contributed by atoms with Gasteiger partial charge >= 0.3 is 0 Å². The van der Waals surface area contributed by atoms with E-state index >= 15 is 0 Å². The average Bonchev–Trinajstić information content (AvgIpc) is 3.40. The Balaban J connectivity index is 1.44. The van der Waals surface area contributed by atoms with Crippen LogP contribution in [-0.4, -0.2) is 30.2 Å². The lowest BCUT2D eigenvalue weighted by atomic mass is 10.1. The predicted octanol–water partition coefficient (Wildman–Crippen LogP) is 4.59. The van der Waals surface area contributed by atoms with Crippen LogP contribution in [-0.2, 0) is 21.2 Å². The predicted molar refractivity (Wildman–Crippen MR) is 119 cm³/mol. The van der Waals surface area contributed by atoms with Crippen molar-refractivity contribution in [3.8, 4) is 0 Å². The summed E-state index contributed by atoms with van der Waals surface area (Å²) in [5.74, 6) is -0.382. The first kappa shape index (κ1) is 20.9. The number of sulfone groups is 1. The molecule has 1 saturated carbocycles. The average molecular weight is 445 g/mol. The molecule has 7 heteroatoms. The summed E-state index contributed by atoms with van der Waals surface area (Å²) in [6.07, 6.45) is 4.93. The van der Waals surface area contributed by atoms with Gasteiger partial charge in [-0.25, -0.2) is 8.42 Å². The van der Waals surface area contributed by atoms with Gasteiger partial charge in [0.15, 0.2) is 14.6 Å². The molecule has 1 heterocycles. The number of fused-ring (bicyclic) bond motifs is 1. The second kappa shape index (κ2) is 8.44. The van der Waals surface area contributed by atoms with Crippen molar-refractivity contribution in [2.75, 3.05) is 6.54 Å². The minimum Gasteiger partial charge on any atom is -0.355 e. The van der Waals surface area contributed by atoms with Crippen LogP contribution in [0.4, 0.5) is 0 Å². The van der Waals surface area contributed by atoms with E-state index in [1.54, 1.807) is 12.1 Å². The SMILES string of the molecule is O=C(NCCCn1ccc2ccccc21)C1(S(=O)(=O)c2ccc(Cl)cc2)CCCC1. The lowest BCUT2D eigenvalue weighted by molar-refractivity contribution is -0.123. The maximum absolute atomic E-state index is 13.4. The molecule has 0 atom stereocenters. The van der Waals surface area contributed by atoms with Gasteiger partial charge in [-0.1, -0.05) is 42.6 Å². The number of carbonyl (C=O) groups excluding carboxylic acids is 1. The van der Waals surface area contributed by atoms with E-state index in [0.717, 1.165) is 31.3 Å². The summed E-state index contributed by atoms with van der Waals surface area (Å²) in [5.41, 5.74) is 1.15. The van der Waals surface area contributed by atoms with E-state index in [-0.39, 0.29) is 10.8 Å². The standard InChI is InChI=1S/C23H25ClN2O3S/c24-19-8-10-20(11-9-19)30(28,29)23(13-3-4-14-23)22(27)25-15-5-16-26-17-12-18-6-1-2-7-21(18)26/h1-2,6-12,17H,3-5,13-16H2,(H,25,27). The zero-order valence-electron chi connectivity index (χ0n) is 16.7. The number of aryl methyl sites for hydroxylation is 1. The molecule has 0 bridgehead atoms. The summed E-state index contributed by atoms with van der Waals surface area (Å²) < 4.78 is 27.5. The first-order valence-electron chi connectivity index (χ1n) is 10.3. The molecule has 5 nitrogen and oxygen atoms in total. The van der Waals surface area contributed by atoms with E-state index in [1.165, 1.54) is 17.5 Å². The highest BCUT2D eigenvalue weighted by molar-refractivity contribution is 7.93. The van der Waals surface area contributed by atoms with Crippen LogP contribution in [0.25, 0.3) is 10.9 Å². The first-order valence-corrected chi connectivity index (χ1v) is 12.1. The number of halogens is 1. The van der Waals surface area contributed by atoms with E-state index in [2.05, 4.69) is 28.1 Å². The van der Waals surface area contributed by atoms with E-state index < -0.39 is 14.6 Å². The number of amides is 1.